The monoisotopic (exact) mass is 1380 g/mol. The zero-order valence-corrected chi connectivity index (χ0v) is 54.5. The Morgan fingerprint density at radius 3 is 1.66 bits per heavy atom. The second kappa shape index (κ2) is 46.7. The number of anilines is 1. The van der Waals surface area contributed by atoms with Gasteiger partial charge in [-0.15, -0.1) is 15.7 Å². The number of ether oxygens (including phenoxy) is 7. The molecule has 6 aromatic rings. The zero-order chi connectivity index (χ0) is 63.1. The first-order valence-electron chi connectivity index (χ1n) is 23.2. The Bertz CT molecular complexity index is 3120. The third-order valence-electron chi connectivity index (χ3n) is 8.83. The second-order valence-corrected chi connectivity index (χ2v) is 23.7. The minimum Gasteiger partial charge on any atom is -0.772 e. The molecule has 0 fully saturated rings. The second-order valence-electron chi connectivity index (χ2n) is 15.0. The molecule has 7 rings (SSSR count). The summed E-state index contributed by atoms with van der Waals surface area (Å²) in [5.74, 6) is -0.707. The Morgan fingerprint density at radius 1 is 0.651 bits per heavy atom. The van der Waals surface area contributed by atoms with Gasteiger partial charge in [0, 0.05) is 27.4 Å². The number of nitrogens with two attached hydrogens (primary N) is 2. The summed E-state index contributed by atoms with van der Waals surface area (Å²) in [6.07, 6.45) is 0. The van der Waals surface area contributed by atoms with E-state index in [0.29, 0.717) is 96.3 Å². The van der Waals surface area contributed by atoms with Crippen LogP contribution in [0.3, 0.4) is 0 Å². The molecule has 0 bridgehead atoms. The predicted octanol–water partition coefficient (Wildman–Crippen LogP) is 0.455. The Kier molecular flexibility index (Phi) is 43.2. The summed E-state index contributed by atoms with van der Waals surface area (Å²) in [5, 5.41) is 15.7. The molecule has 0 radical (unpaired) electrons. The van der Waals surface area contributed by atoms with Gasteiger partial charge < -0.3 is 77.3 Å². The van der Waals surface area contributed by atoms with Crippen LogP contribution in [-0.2, 0) is 110 Å². The largest absolute Gasteiger partial charge is 1.00 e. The number of aryl methyl sites for hydroxylation is 1. The molecule has 6 unspecified atom stereocenters. The maximum atomic E-state index is 11.0. The van der Waals surface area contributed by atoms with Gasteiger partial charge in [0.1, 0.15) is 17.4 Å². The van der Waals surface area contributed by atoms with Crippen LogP contribution in [0.4, 0.5) is 5.13 Å². The Balaban J connectivity index is 0.000000530. The smallest absolute Gasteiger partial charge is 0.772 e. The molecule has 2 aromatic heterocycles. The van der Waals surface area contributed by atoms with Crippen LogP contribution >= 0.6 is 34.7 Å². The number of hydrogen-bond acceptors (Lipinski definition) is 29. The normalized spacial score (nSPS) is 14.2. The molecule has 470 valence electrons. The molecule has 0 spiro atoms. The molecule has 39 heteroatoms. The van der Waals surface area contributed by atoms with Crippen molar-refractivity contribution in [1.29, 1.82) is 0 Å². The van der Waals surface area contributed by atoms with E-state index < -0.39 is 91.5 Å². The fourth-order valence-electron chi connectivity index (χ4n) is 5.43. The Hall–Kier alpha value is -4.41. The van der Waals surface area contributed by atoms with Gasteiger partial charge in [-0.3, -0.25) is 39.6 Å². The van der Waals surface area contributed by atoms with Gasteiger partial charge >= 0.3 is 29.6 Å². The fraction of sp³-hybridized carbons (Fsp3) is 0.277. The van der Waals surface area contributed by atoms with Gasteiger partial charge in [-0.1, -0.05) is 76.0 Å². The standard InChI is InChI=1S/C14H20O7S.C10H12N2O6S.C7H8O2S.C6H8N2O3S2.C6H6O5S2.C4H4O2S2.Na/c15-22(16)12-1-2-13-14(11-12)21-10-8-19-6-4-17-3-5-18-7-9-20-13;11-9(13)4-17-7-2-1-6(19(15)16)3-8(7)18-5-10(12)14;8-10(9)6-7-4-2-1-3-5-7;1-3-5(13(10)11)12-6(7-3)8-4(2)9;7-10-11-12-5-3-1-2-4-6(5)13(8)9;5-8(6)4-2-1-3-7-4;/h1-2,11H,3-10H2,(H,15,16);1-3H,4-5H2,(H2,11,13)(H2,12,14)(H,15,16);1-5H,6H2,(H,8,9);1-2H3,(H,10,11)(H,7,8,9);1-4,7H,(H,8,9);1-3H,(H,5,6);/q;;;;;;+1/p-6. The van der Waals surface area contributed by atoms with E-state index in [2.05, 4.69) is 19.7 Å². The van der Waals surface area contributed by atoms with Crippen molar-refractivity contribution in [2.75, 3.05) is 71.4 Å². The average molecular weight is 1380 g/mol. The molecule has 4 aromatic carbocycles. The molecular weight excluding hydrogens is 1330 g/mol. The van der Waals surface area contributed by atoms with E-state index in [-0.39, 0.29) is 71.6 Å². The van der Waals surface area contributed by atoms with Crippen molar-refractivity contribution in [3.8, 4) is 23.0 Å². The molecule has 86 heavy (non-hydrogen) atoms. The molecule has 1 aliphatic rings. The number of aromatic nitrogens is 1. The molecule has 6 N–H and O–H groups in total. The first-order valence-corrected chi connectivity index (χ1v) is 32.3. The molecule has 3 heterocycles. The van der Waals surface area contributed by atoms with E-state index >= 15 is 0 Å². The molecular formula is C47H52N4NaO25S9-5. The average Bonchev–Trinajstić information content (AvgIpc) is 4.30. The first-order chi connectivity index (χ1) is 40.5. The van der Waals surface area contributed by atoms with Crippen molar-refractivity contribution in [2.24, 2.45) is 11.5 Å². The van der Waals surface area contributed by atoms with Gasteiger partial charge in [-0.05, 0) is 128 Å². The molecule has 1 aliphatic heterocycles. The van der Waals surface area contributed by atoms with Crippen LogP contribution in [0.1, 0.15) is 18.2 Å². The van der Waals surface area contributed by atoms with Crippen LogP contribution in [0.2, 0.25) is 0 Å². The summed E-state index contributed by atoms with van der Waals surface area (Å²) in [4.78, 5) is 36.2. The maximum absolute atomic E-state index is 11.0. The van der Waals surface area contributed by atoms with Crippen molar-refractivity contribution in [1.82, 2.24) is 4.98 Å². The van der Waals surface area contributed by atoms with E-state index in [9.17, 15) is 67.0 Å². The van der Waals surface area contributed by atoms with Crippen LogP contribution in [-0.4, -0.2) is 147 Å². The van der Waals surface area contributed by atoms with Crippen LogP contribution in [0.5, 0.6) is 23.0 Å². The summed E-state index contributed by atoms with van der Waals surface area (Å²) >= 11 is -10.6. The SMILES string of the molecule is CC(=O)Nc1nc(C)c(S(=O)[O-])s1.NC(=O)COc1ccc(S(=O)[O-])cc1OCC(N)=O.O=S([O-])Cc1ccccc1.O=S([O-])c1ccc2c(c1)OCCOCCOCCOCCO2.O=S([O-])c1ccccc1SOOO.O=S([O-])c1cccs1.[Na+]. The van der Waals surface area contributed by atoms with Crippen LogP contribution < -0.4 is 65.3 Å². The third kappa shape index (κ3) is 35.6. The van der Waals surface area contributed by atoms with Gasteiger partial charge in [-0.2, -0.15) is 0 Å². The molecule has 3 amide bonds. The number of hydrogen-bond donors (Lipinski definition) is 4. The Labute approximate surface area is 541 Å². The van der Waals surface area contributed by atoms with Crippen molar-refractivity contribution in [3.05, 3.63) is 120 Å². The van der Waals surface area contributed by atoms with E-state index in [1.807, 2.05) is 18.2 Å². The maximum Gasteiger partial charge on any atom is 1.00 e. The van der Waals surface area contributed by atoms with Crippen molar-refractivity contribution >= 4 is 124 Å². The van der Waals surface area contributed by atoms with E-state index in [1.54, 1.807) is 54.8 Å². The molecule has 0 saturated carbocycles. The Morgan fingerprint density at radius 2 is 1.19 bits per heavy atom. The topological polar surface area (TPSA) is 472 Å². The minimum absolute atomic E-state index is 0. The number of fused-ring (bicyclic) bond motifs is 1. The molecule has 0 saturated heterocycles. The number of nitrogens with zero attached hydrogens (tertiary/aromatic N) is 1. The number of thiazole rings is 1. The summed E-state index contributed by atoms with van der Waals surface area (Å²) in [7, 11) is 0. The summed E-state index contributed by atoms with van der Waals surface area (Å²) in [5.41, 5.74) is 11.1. The summed E-state index contributed by atoms with van der Waals surface area (Å²) in [6.45, 7) is 5.43. The molecule has 0 aliphatic carbocycles. The van der Waals surface area contributed by atoms with E-state index in [0.717, 1.165) is 23.0 Å². The van der Waals surface area contributed by atoms with Crippen molar-refractivity contribution < 1.29 is 144 Å². The van der Waals surface area contributed by atoms with E-state index in [1.165, 1.54) is 54.7 Å². The third-order valence-corrected chi connectivity index (χ3v) is 16.1. The van der Waals surface area contributed by atoms with Crippen LogP contribution in [0, 0.1) is 6.92 Å². The number of primary amides is 2. The van der Waals surface area contributed by atoms with Crippen molar-refractivity contribution in [3.63, 3.8) is 0 Å². The number of rotatable bonds is 17. The van der Waals surface area contributed by atoms with Gasteiger partial charge in [0.15, 0.2) is 41.3 Å². The number of amides is 3. The number of carbonyl (C=O) groups excluding carboxylic acids is 3. The number of benzene rings is 4. The van der Waals surface area contributed by atoms with E-state index in [4.69, 9.17) is 49.9 Å². The number of thiophene rings is 1. The van der Waals surface area contributed by atoms with Gasteiger partial charge in [0.05, 0.1) is 66.5 Å². The molecule has 29 nitrogen and oxygen atoms in total. The minimum atomic E-state index is -2.47. The quantitative estimate of drug-likeness (QED) is 0.0317. The van der Waals surface area contributed by atoms with Gasteiger partial charge in [0.2, 0.25) is 5.91 Å². The summed E-state index contributed by atoms with van der Waals surface area (Å²) in [6, 6.07) is 26.6. The fourth-order valence-corrected chi connectivity index (χ4v) is 10.4. The number of carbonyl (C=O) groups is 3. The van der Waals surface area contributed by atoms with Gasteiger partial charge in [0.25, 0.3) is 11.8 Å². The van der Waals surface area contributed by atoms with Gasteiger partial charge in [-0.25, -0.2) is 10.2 Å². The van der Waals surface area contributed by atoms with Crippen LogP contribution in [0.25, 0.3) is 0 Å². The predicted molar refractivity (Wildman–Crippen MR) is 303 cm³/mol. The summed E-state index contributed by atoms with van der Waals surface area (Å²) < 4.78 is 168. The van der Waals surface area contributed by atoms with Crippen molar-refractivity contribution in [2.45, 2.75) is 47.6 Å². The number of nitrogens with one attached hydrogen (secondary N) is 1. The van der Waals surface area contributed by atoms with Crippen LogP contribution in [0.15, 0.2) is 137 Å². The zero-order valence-electron chi connectivity index (χ0n) is 45.2. The first kappa shape index (κ1) is 79.6. The molecule has 6 atom stereocenters.